The van der Waals surface area contributed by atoms with Gasteiger partial charge in [0.15, 0.2) is 0 Å². The van der Waals surface area contributed by atoms with E-state index in [1.54, 1.807) is 29.4 Å². The van der Waals surface area contributed by atoms with E-state index in [1.165, 1.54) is 0 Å². The summed E-state index contributed by atoms with van der Waals surface area (Å²) in [5.41, 5.74) is 6.98. The fraction of sp³-hybridized carbons (Fsp3) is 0.533. The Bertz CT molecular complexity index is 633. The summed E-state index contributed by atoms with van der Waals surface area (Å²) >= 11 is 4.93. The SMILES string of the molecule is CCC1CCN(S(=O)(=O)c2ccc(C(N)=S)cc2C)CC1. The van der Waals surface area contributed by atoms with E-state index in [1.807, 2.05) is 0 Å². The summed E-state index contributed by atoms with van der Waals surface area (Å²) in [5, 5.41) is 0. The van der Waals surface area contributed by atoms with Crippen molar-refractivity contribution >= 4 is 27.2 Å². The Morgan fingerprint density at radius 2 is 2.00 bits per heavy atom. The molecule has 0 aliphatic carbocycles. The van der Waals surface area contributed by atoms with Crippen LogP contribution in [0.15, 0.2) is 23.1 Å². The molecule has 1 aromatic carbocycles. The van der Waals surface area contributed by atoms with Crippen molar-refractivity contribution in [3.8, 4) is 0 Å². The number of sulfonamides is 1. The van der Waals surface area contributed by atoms with E-state index in [2.05, 4.69) is 6.92 Å². The van der Waals surface area contributed by atoms with Crippen LogP contribution in [0.1, 0.15) is 37.3 Å². The Kier molecular flexibility index (Phi) is 5.01. The van der Waals surface area contributed by atoms with Gasteiger partial charge in [0, 0.05) is 18.7 Å². The van der Waals surface area contributed by atoms with E-state index < -0.39 is 10.0 Å². The monoisotopic (exact) mass is 326 g/mol. The third-order valence-corrected chi connectivity index (χ3v) is 6.52. The third kappa shape index (κ3) is 3.44. The summed E-state index contributed by atoms with van der Waals surface area (Å²) < 4.78 is 27.1. The molecule has 1 aliphatic rings. The molecule has 1 heterocycles. The van der Waals surface area contributed by atoms with Crippen LogP contribution in [-0.4, -0.2) is 30.8 Å². The standard InChI is InChI=1S/C15H22N2O2S2/c1-3-12-6-8-17(9-7-12)21(18,19)14-5-4-13(15(16)20)10-11(14)2/h4-5,10,12H,3,6-9H2,1-2H3,(H2,16,20). The van der Waals surface area contributed by atoms with Gasteiger partial charge in [-0.1, -0.05) is 31.6 Å². The van der Waals surface area contributed by atoms with Crippen molar-refractivity contribution in [2.75, 3.05) is 13.1 Å². The minimum atomic E-state index is -3.42. The molecule has 1 aliphatic heterocycles. The maximum Gasteiger partial charge on any atom is 0.243 e. The van der Waals surface area contributed by atoms with E-state index in [-0.39, 0.29) is 4.99 Å². The largest absolute Gasteiger partial charge is 0.389 e. The van der Waals surface area contributed by atoms with Crippen LogP contribution >= 0.6 is 12.2 Å². The Labute approximate surface area is 132 Å². The minimum Gasteiger partial charge on any atom is -0.389 e. The van der Waals surface area contributed by atoms with E-state index in [0.29, 0.717) is 35.0 Å². The van der Waals surface area contributed by atoms with Crippen LogP contribution in [0, 0.1) is 12.8 Å². The zero-order chi connectivity index (χ0) is 15.6. The van der Waals surface area contributed by atoms with Crippen LogP contribution in [0.5, 0.6) is 0 Å². The maximum absolute atomic E-state index is 12.7. The fourth-order valence-corrected chi connectivity index (χ4v) is 4.59. The smallest absolute Gasteiger partial charge is 0.243 e. The Morgan fingerprint density at radius 1 is 1.38 bits per heavy atom. The van der Waals surface area contributed by atoms with Crippen LogP contribution in [0.4, 0.5) is 0 Å². The molecule has 0 amide bonds. The number of benzene rings is 1. The number of aryl methyl sites for hydroxylation is 1. The van der Waals surface area contributed by atoms with E-state index in [4.69, 9.17) is 18.0 Å². The fourth-order valence-electron chi connectivity index (χ4n) is 2.79. The molecule has 0 aromatic heterocycles. The first-order chi connectivity index (χ1) is 9.86. The summed E-state index contributed by atoms with van der Waals surface area (Å²) in [6.45, 7) is 5.16. The lowest BCUT2D eigenvalue weighted by molar-refractivity contribution is 0.269. The lowest BCUT2D eigenvalue weighted by atomic mass is 9.96. The number of rotatable bonds is 4. The van der Waals surface area contributed by atoms with Gasteiger partial charge in [0.05, 0.1) is 4.90 Å². The van der Waals surface area contributed by atoms with Gasteiger partial charge in [-0.2, -0.15) is 4.31 Å². The summed E-state index contributed by atoms with van der Waals surface area (Å²) in [5.74, 6) is 0.648. The molecule has 0 bridgehead atoms. The quantitative estimate of drug-likeness (QED) is 0.863. The summed E-state index contributed by atoms with van der Waals surface area (Å²) in [6, 6.07) is 5.04. The normalized spacial score (nSPS) is 17.8. The number of hydrogen-bond acceptors (Lipinski definition) is 3. The molecule has 0 saturated carbocycles. The predicted octanol–water partition coefficient (Wildman–Crippen LogP) is 2.44. The van der Waals surface area contributed by atoms with E-state index in [0.717, 1.165) is 19.3 Å². The van der Waals surface area contributed by atoms with Gasteiger partial charge < -0.3 is 5.73 Å². The summed E-state index contributed by atoms with van der Waals surface area (Å²) in [7, 11) is -3.42. The molecule has 0 radical (unpaired) electrons. The molecular weight excluding hydrogens is 304 g/mol. The number of nitrogens with zero attached hydrogens (tertiary/aromatic N) is 1. The third-order valence-electron chi connectivity index (χ3n) is 4.23. The second-order valence-electron chi connectivity index (χ2n) is 5.60. The Morgan fingerprint density at radius 3 is 2.48 bits per heavy atom. The number of thiocarbonyl (C=S) groups is 1. The lowest BCUT2D eigenvalue weighted by Gasteiger charge is -2.31. The molecular formula is C15H22N2O2S2. The van der Waals surface area contributed by atoms with Gasteiger partial charge in [0.25, 0.3) is 0 Å². The topological polar surface area (TPSA) is 63.4 Å². The average Bonchev–Trinajstić information content (AvgIpc) is 2.46. The molecule has 1 fully saturated rings. The van der Waals surface area contributed by atoms with Gasteiger partial charge in [-0.25, -0.2) is 8.42 Å². The maximum atomic E-state index is 12.7. The first-order valence-electron chi connectivity index (χ1n) is 7.27. The number of piperidine rings is 1. The molecule has 2 N–H and O–H groups in total. The van der Waals surface area contributed by atoms with E-state index in [9.17, 15) is 8.42 Å². The molecule has 2 rings (SSSR count). The first-order valence-corrected chi connectivity index (χ1v) is 9.11. The molecule has 1 aromatic rings. The lowest BCUT2D eigenvalue weighted by Crippen LogP contribution is -2.38. The van der Waals surface area contributed by atoms with Crippen LogP contribution < -0.4 is 5.73 Å². The summed E-state index contributed by atoms with van der Waals surface area (Å²) in [6.07, 6.45) is 3.01. The van der Waals surface area contributed by atoms with Crippen LogP contribution in [0.3, 0.4) is 0 Å². The second kappa shape index (κ2) is 6.42. The van der Waals surface area contributed by atoms with Crippen molar-refractivity contribution in [3.05, 3.63) is 29.3 Å². The zero-order valence-electron chi connectivity index (χ0n) is 12.5. The average molecular weight is 326 g/mol. The highest BCUT2D eigenvalue weighted by atomic mass is 32.2. The predicted molar refractivity (Wildman–Crippen MR) is 88.8 cm³/mol. The highest BCUT2D eigenvalue weighted by Crippen LogP contribution is 2.27. The Balaban J connectivity index is 2.26. The van der Waals surface area contributed by atoms with Gasteiger partial charge in [-0.05, 0) is 43.4 Å². The molecule has 0 spiro atoms. The molecule has 0 atom stereocenters. The van der Waals surface area contributed by atoms with Crippen molar-refractivity contribution in [1.82, 2.24) is 4.31 Å². The van der Waals surface area contributed by atoms with Crippen LogP contribution in [-0.2, 0) is 10.0 Å². The van der Waals surface area contributed by atoms with Crippen molar-refractivity contribution in [1.29, 1.82) is 0 Å². The molecule has 116 valence electrons. The second-order valence-corrected chi connectivity index (χ2v) is 7.95. The molecule has 21 heavy (non-hydrogen) atoms. The van der Waals surface area contributed by atoms with Gasteiger partial charge in [0.1, 0.15) is 4.99 Å². The van der Waals surface area contributed by atoms with Crippen molar-refractivity contribution in [3.63, 3.8) is 0 Å². The van der Waals surface area contributed by atoms with Gasteiger partial charge in [-0.15, -0.1) is 0 Å². The van der Waals surface area contributed by atoms with Gasteiger partial charge >= 0.3 is 0 Å². The van der Waals surface area contributed by atoms with Crippen molar-refractivity contribution < 1.29 is 8.42 Å². The highest BCUT2D eigenvalue weighted by molar-refractivity contribution is 7.89. The van der Waals surface area contributed by atoms with Crippen LogP contribution in [0.25, 0.3) is 0 Å². The molecule has 4 nitrogen and oxygen atoms in total. The van der Waals surface area contributed by atoms with Gasteiger partial charge in [-0.3, -0.25) is 0 Å². The molecule has 6 heteroatoms. The number of hydrogen-bond donors (Lipinski definition) is 1. The van der Waals surface area contributed by atoms with Crippen LogP contribution in [0.2, 0.25) is 0 Å². The number of nitrogens with two attached hydrogens (primary N) is 1. The highest BCUT2D eigenvalue weighted by Gasteiger charge is 2.29. The molecule has 1 saturated heterocycles. The van der Waals surface area contributed by atoms with Crippen molar-refractivity contribution in [2.45, 2.75) is 38.0 Å². The van der Waals surface area contributed by atoms with Gasteiger partial charge in [0.2, 0.25) is 10.0 Å². The van der Waals surface area contributed by atoms with E-state index >= 15 is 0 Å². The molecule has 0 unspecified atom stereocenters. The first kappa shape index (κ1) is 16.4. The zero-order valence-corrected chi connectivity index (χ0v) is 14.1. The Hall–Kier alpha value is -0.980. The van der Waals surface area contributed by atoms with Crippen molar-refractivity contribution in [2.24, 2.45) is 11.7 Å². The summed E-state index contributed by atoms with van der Waals surface area (Å²) in [4.78, 5) is 0.642. The minimum absolute atomic E-state index is 0.283.